The fourth-order valence-electron chi connectivity index (χ4n) is 3.75. The fourth-order valence-corrected chi connectivity index (χ4v) is 3.75. The zero-order chi connectivity index (χ0) is 28.2. The number of allylic oxidation sites excluding steroid dienone is 1. The van der Waals surface area contributed by atoms with Gasteiger partial charge >= 0.3 is 12.0 Å². The largest absolute Gasteiger partial charge is 0.494 e. The van der Waals surface area contributed by atoms with Crippen LogP contribution in [-0.2, 0) is 14.3 Å². The Morgan fingerprint density at radius 2 is 1.85 bits per heavy atom. The number of hydrogen-bond donors (Lipinski definition) is 3. The molecule has 39 heavy (non-hydrogen) atoms. The highest BCUT2D eigenvalue weighted by molar-refractivity contribution is 5.95. The molecular weight excluding hydrogens is 504 g/mol. The van der Waals surface area contributed by atoms with Gasteiger partial charge in [-0.3, -0.25) is 4.79 Å². The molecule has 0 saturated heterocycles. The molecule has 2 aromatic rings. The number of hydrogen-bond acceptors (Lipinski definition) is 8. The second-order valence-electron chi connectivity index (χ2n) is 8.55. The Hall–Kier alpha value is -4.54. The minimum absolute atomic E-state index is 0.193. The van der Waals surface area contributed by atoms with E-state index in [1.807, 2.05) is 24.3 Å². The van der Waals surface area contributed by atoms with Gasteiger partial charge in [0.2, 0.25) is 0 Å². The standard InChI is InChI=1S/C28H34N4O7/c1-5-7-14-38-21-11-8-19(9-12-21)16-29-32-24(33)17-39-22-13-10-20(15-23(22)36-4)26-25(27(34)37-6-2)18(3)30-28(35)31-26/h8-13,15-16,26H,5-7,14,17H2,1-4H3,(H,32,33)(H2,30,31,35)/b29-16-/t26-/m0/s1. The fraction of sp³-hybridized carbons (Fsp3) is 0.357. The number of nitrogens with one attached hydrogen (secondary N) is 3. The summed E-state index contributed by atoms with van der Waals surface area (Å²) in [5, 5.41) is 9.28. The molecule has 0 aliphatic carbocycles. The first-order valence-electron chi connectivity index (χ1n) is 12.7. The van der Waals surface area contributed by atoms with E-state index in [9.17, 15) is 14.4 Å². The molecular formula is C28H34N4O7. The smallest absolute Gasteiger partial charge is 0.338 e. The van der Waals surface area contributed by atoms with E-state index < -0.39 is 23.9 Å². The van der Waals surface area contributed by atoms with E-state index in [0.29, 0.717) is 29.4 Å². The van der Waals surface area contributed by atoms with Crippen molar-refractivity contribution in [3.8, 4) is 17.2 Å². The SMILES string of the molecule is CCCCOc1ccc(/C=N\NC(=O)COc2ccc([C@@H]3NC(=O)NC(C)=C3C(=O)OCC)cc2OC)cc1. The Morgan fingerprint density at radius 3 is 2.54 bits per heavy atom. The molecule has 3 amide bonds. The molecule has 2 aromatic carbocycles. The van der Waals surface area contributed by atoms with Crippen molar-refractivity contribution in [2.75, 3.05) is 26.9 Å². The zero-order valence-corrected chi connectivity index (χ0v) is 22.5. The first-order valence-corrected chi connectivity index (χ1v) is 12.7. The summed E-state index contributed by atoms with van der Waals surface area (Å²) < 4.78 is 21.8. The normalized spacial score (nSPS) is 14.9. The molecule has 0 saturated carbocycles. The summed E-state index contributed by atoms with van der Waals surface area (Å²) in [6.45, 7) is 6.00. The Balaban J connectivity index is 1.60. The Bertz CT molecular complexity index is 1220. The molecule has 1 atom stereocenters. The van der Waals surface area contributed by atoms with Crippen molar-refractivity contribution in [3.63, 3.8) is 0 Å². The van der Waals surface area contributed by atoms with Crippen LogP contribution < -0.4 is 30.3 Å². The number of hydrazone groups is 1. The van der Waals surface area contributed by atoms with Crippen LogP contribution in [-0.4, -0.2) is 51.1 Å². The lowest BCUT2D eigenvalue weighted by atomic mass is 9.95. The van der Waals surface area contributed by atoms with Gasteiger partial charge in [0.1, 0.15) is 5.75 Å². The molecule has 11 heteroatoms. The Kier molecular flexibility index (Phi) is 10.7. The molecule has 3 rings (SSSR count). The average molecular weight is 539 g/mol. The minimum atomic E-state index is -0.754. The van der Waals surface area contributed by atoms with Crippen LogP contribution >= 0.6 is 0 Å². The van der Waals surface area contributed by atoms with Crippen molar-refractivity contribution in [3.05, 3.63) is 64.9 Å². The first-order chi connectivity index (χ1) is 18.9. The monoisotopic (exact) mass is 538 g/mol. The van der Waals surface area contributed by atoms with Crippen LogP contribution in [0.2, 0.25) is 0 Å². The third-order valence-corrected chi connectivity index (χ3v) is 5.69. The van der Waals surface area contributed by atoms with E-state index in [0.717, 1.165) is 24.2 Å². The highest BCUT2D eigenvalue weighted by atomic mass is 16.5. The molecule has 0 fully saturated rings. The first kappa shape index (κ1) is 29.0. The van der Waals surface area contributed by atoms with Gasteiger partial charge in [-0.05, 0) is 67.8 Å². The summed E-state index contributed by atoms with van der Waals surface area (Å²) in [6.07, 6.45) is 3.59. The van der Waals surface area contributed by atoms with Crippen LogP contribution in [0.3, 0.4) is 0 Å². The van der Waals surface area contributed by atoms with Crippen LogP contribution in [0, 0.1) is 0 Å². The van der Waals surface area contributed by atoms with E-state index in [4.69, 9.17) is 18.9 Å². The molecule has 0 unspecified atom stereocenters. The molecule has 3 N–H and O–H groups in total. The van der Waals surface area contributed by atoms with Gasteiger partial charge in [-0.15, -0.1) is 0 Å². The van der Waals surface area contributed by atoms with Gasteiger partial charge in [0.25, 0.3) is 5.91 Å². The second-order valence-corrected chi connectivity index (χ2v) is 8.55. The lowest BCUT2D eigenvalue weighted by Crippen LogP contribution is -2.45. The molecule has 0 bridgehead atoms. The number of carbonyl (C=O) groups excluding carboxylic acids is 3. The summed E-state index contributed by atoms with van der Waals surface area (Å²) in [4.78, 5) is 36.9. The molecule has 1 heterocycles. The molecule has 1 aliphatic rings. The van der Waals surface area contributed by atoms with E-state index in [1.165, 1.54) is 13.3 Å². The quantitative estimate of drug-likeness (QED) is 0.153. The van der Waals surface area contributed by atoms with Crippen LogP contribution in [0.4, 0.5) is 4.79 Å². The number of benzene rings is 2. The summed E-state index contributed by atoms with van der Waals surface area (Å²) >= 11 is 0. The Morgan fingerprint density at radius 1 is 1.08 bits per heavy atom. The number of amides is 3. The number of methoxy groups -OCH3 is 1. The summed E-state index contributed by atoms with van der Waals surface area (Å²) in [6, 6.07) is 11.1. The van der Waals surface area contributed by atoms with Crippen molar-refractivity contribution >= 4 is 24.1 Å². The van der Waals surface area contributed by atoms with E-state index in [-0.39, 0.29) is 18.8 Å². The number of urea groups is 1. The van der Waals surface area contributed by atoms with Gasteiger partial charge in [0, 0.05) is 5.70 Å². The van der Waals surface area contributed by atoms with Gasteiger partial charge in [-0.25, -0.2) is 15.0 Å². The van der Waals surface area contributed by atoms with Crippen LogP contribution in [0.5, 0.6) is 17.2 Å². The zero-order valence-electron chi connectivity index (χ0n) is 22.5. The van der Waals surface area contributed by atoms with Crippen molar-refractivity contribution in [2.24, 2.45) is 5.10 Å². The van der Waals surface area contributed by atoms with Gasteiger partial charge < -0.3 is 29.6 Å². The number of ether oxygens (including phenoxy) is 4. The van der Waals surface area contributed by atoms with Gasteiger partial charge in [0.05, 0.1) is 38.2 Å². The number of nitrogens with zero attached hydrogens (tertiary/aromatic N) is 1. The van der Waals surface area contributed by atoms with Gasteiger partial charge in [-0.1, -0.05) is 19.4 Å². The van der Waals surface area contributed by atoms with Gasteiger partial charge in [-0.2, -0.15) is 5.10 Å². The number of carbonyl (C=O) groups is 3. The minimum Gasteiger partial charge on any atom is -0.494 e. The lowest BCUT2D eigenvalue weighted by Gasteiger charge is -2.28. The molecule has 11 nitrogen and oxygen atoms in total. The van der Waals surface area contributed by atoms with E-state index >= 15 is 0 Å². The maximum atomic E-state index is 12.5. The maximum Gasteiger partial charge on any atom is 0.338 e. The molecule has 0 spiro atoms. The number of unbranched alkanes of at least 4 members (excludes halogenated alkanes) is 1. The lowest BCUT2D eigenvalue weighted by molar-refractivity contribution is -0.139. The number of rotatable bonds is 13. The average Bonchev–Trinajstić information content (AvgIpc) is 2.92. The number of esters is 1. The van der Waals surface area contributed by atoms with Crippen molar-refractivity contribution in [2.45, 2.75) is 39.7 Å². The summed E-state index contributed by atoms with van der Waals surface area (Å²) in [5.41, 5.74) is 4.47. The Labute approximate surface area is 227 Å². The summed E-state index contributed by atoms with van der Waals surface area (Å²) in [7, 11) is 1.45. The molecule has 0 aromatic heterocycles. The highest BCUT2D eigenvalue weighted by Crippen LogP contribution is 2.34. The third-order valence-electron chi connectivity index (χ3n) is 5.69. The van der Waals surface area contributed by atoms with Crippen LogP contribution in [0.25, 0.3) is 0 Å². The molecule has 0 radical (unpaired) electrons. The van der Waals surface area contributed by atoms with E-state index in [2.05, 4.69) is 28.1 Å². The molecule has 1 aliphatic heterocycles. The van der Waals surface area contributed by atoms with Crippen LogP contribution in [0.1, 0.15) is 50.8 Å². The van der Waals surface area contributed by atoms with Crippen molar-refractivity contribution in [1.82, 2.24) is 16.1 Å². The van der Waals surface area contributed by atoms with E-state index in [1.54, 1.807) is 32.0 Å². The maximum absolute atomic E-state index is 12.5. The highest BCUT2D eigenvalue weighted by Gasteiger charge is 2.32. The molecule has 208 valence electrons. The predicted octanol–water partition coefficient (Wildman–Crippen LogP) is 3.59. The summed E-state index contributed by atoms with van der Waals surface area (Å²) in [5.74, 6) is 0.395. The van der Waals surface area contributed by atoms with Crippen LogP contribution in [0.15, 0.2) is 58.8 Å². The van der Waals surface area contributed by atoms with Gasteiger partial charge in [0.15, 0.2) is 18.1 Å². The second kappa shape index (κ2) is 14.4. The van der Waals surface area contributed by atoms with Crippen molar-refractivity contribution in [1.29, 1.82) is 0 Å². The third kappa shape index (κ3) is 8.22. The topological polar surface area (TPSA) is 137 Å². The predicted molar refractivity (Wildman–Crippen MR) is 145 cm³/mol. The van der Waals surface area contributed by atoms with Crippen molar-refractivity contribution < 1.29 is 33.3 Å².